The van der Waals surface area contributed by atoms with Gasteiger partial charge in [-0.25, -0.2) is 0 Å². The molecule has 0 N–H and O–H groups in total. The van der Waals surface area contributed by atoms with Crippen LogP contribution in [0.25, 0.3) is 0 Å². The Morgan fingerprint density at radius 1 is 1.21 bits per heavy atom. The van der Waals surface area contributed by atoms with Crippen molar-refractivity contribution in [3.05, 3.63) is 24.2 Å². The van der Waals surface area contributed by atoms with E-state index in [2.05, 4.69) is 6.92 Å². The van der Waals surface area contributed by atoms with Crippen LogP contribution in [-0.2, 0) is 11.3 Å². The summed E-state index contributed by atoms with van der Waals surface area (Å²) in [5.74, 6) is 0.915. The normalized spacial score (nSPS) is 10.6. The fourth-order valence-corrected chi connectivity index (χ4v) is 1.38. The van der Waals surface area contributed by atoms with Gasteiger partial charge >= 0.3 is 0 Å². The Morgan fingerprint density at radius 2 is 2.07 bits per heavy atom. The Hall–Kier alpha value is -0.760. The molecular weight excluding hydrogens is 176 g/mol. The van der Waals surface area contributed by atoms with Crippen molar-refractivity contribution in [1.29, 1.82) is 0 Å². The van der Waals surface area contributed by atoms with Gasteiger partial charge in [0.2, 0.25) is 0 Å². The Morgan fingerprint density at radius 3 is 2.79 bits per heavy atom. The molecule has 0 fully saturated rings. The Labute approximate surface area is 86.3 Å². The molecule has 80 valence electrons. The van der Waals surface area contributed by atoms with Crippen LogP contribution in [0.2, 0.25) is 0 Å². The van der Waals surface area contributed by atoms with Gasteiger partial charge in [-0.05, 0) is 18.6 Å². The largest absolute Gasteiger partial charge is 0.467 e. The average Bonchev–Trinajstić information content (AvgIpc) is 2.69. The molecule has 0 aromatic carbocycles. The van der Waals surface area contributed by atoms with Gasteiger partial charge in [-0.1, -0.05) is 32.6 Å². The lowest BCUT2D eigenvalue weighted by Gasteiger charge is -2.01. The summed E-state index contributed by atoms with van der Waals surface area (Å²) in [5.41, 5.74) is 0. The molecule has 0 aliphatic rings. The minimum absolute atomic E-state index is 0.612. The molecule has 0 amide bonds. The van der Waals surface area contributed by atoms with E-state index in [1.165, 1.54) is 32.1 Å². The lowest BCUT2D eigenvalue weighted by Crippen LogP contribution is -1.94. The second-order valence-corrected chi connectivity index (χ2v) is 3.55. The number of hydrogen-bond acceptors (Lipinski definition) is 2. The monoisotopic (exact) mass is 196 g/mol. The fraction of sp³-hybridized carbons (Fsp3) is 0.667. The molecule has 2 heteroatoms. The predicted octanol–water partition coefficient (Wildman–Crippen LogP) is 3.77. The van der Waals surface area contributed by atoms with Gasteiger partial charge < -0.3 is 9.15 Å². The maximum atomic E-state index is 5.46. The fourth-order valence-electron chi connectivity index (χ4n) is 1.38. The average molecular weight is 196 g/mol. The predicted molar refractivity (Wildman–Crippen MR) is 57.1 cm³/mol. The highest BCUT2D eigenvalue weighted by Crippen LogP contribution is 2.05. The highest BCUT2D eigenvalue weighted by molar-refractivity contribution is 4.95. The van der Waals surface area contributed by atoms with Crippen molar-refractivity contribution in [3.8, 4) is 0 Å². The summed E-state index contributed by atoms with van der Waals surface area (Å²) in [5, 5.41) is 0. The van der Waals surface area contributed by atoms with E-state index in [9.17, 15) is 0 Å². The molecule has 0 aliphatic heterocycles. The van der Waals surface area contributed by atoms with E-state index in [0.717, 1.165) is 12.4 Å². The first-order chi connectivity index (χ1) is 6.93. The molecule has 0 spiro atoms. The lowest BCUT2D eigenvalue weighted by atomic mass is 10.2. The highest BCUT2D eigenvalue weighted by atomic mass is 16.5. The quantitative estimate of drug-likeness (QED) is 0.590. The van der Waals surface area contributed by atoms with Gasteiger partial charge in [0.15, 0.2) is 0 Å². The van der Waals surface area contributed by atoms with Crippen LogP contribution in [0, 0.1) is 0 Å². The first-order valence-electron chi connectivity index (χ1n) is 5.53. The van der Waals surface area contributed by atoms with Crippen LogP contribution >= 0.6 is 0 Å². The molecule has 2 nitrogen and oxygen atoms in total. The number of unbranched alkanes of at least 4 members (excludes halogenated alkanes) is 4. The van der Waals surface area contributed by atoms with Gasteiger partial charge in [-0.3, -0.25) is 0 Å². The van der Waals surface area contributed by atoms with Crippen molar-refractivity contribution in [2.75, 3.05) is 6.61 Å². The molecule has 0 saturated carbocycles. The molecule has 1 aromatic heterocycles. The maximum Gasteiger partial charge on any atom is 0.129 e. The van der Waals surface area contributed by atoms with E-state index < -0.39 is 0 Å². The maximum absolute atomic E-state index is 5.46. The summed E-state index contributed by atoms with van der Waals surface area (Å²) in [4.78, 5) is 0. The summed E-state index contributed by atoms with van der Waals surface area (Å²) in [7, 11) is 0. The standard InChI is InChI=1S/C12H20O2/c1-2-3-4-5-6-9-13-11-12-8-7-10-14-12/h7-8,10H,2-6,9,11H2,1H3. The smallest absolute Gasteiger partial charge is 0.129 e. The minimum atomic E-state index is 0.612. The van der Waals surface area contributed by atoms with Crippen molar-refractivity contribution in [2.24, 2.45) is 0 Å². The van der Waals surface area contributed by atoms with Gasteiger partial charge in [0.25, 0.3) is 0 Å². The van der Waals surface area contributed by atoms with Crippen LogP contribution in [0.15, 0.2) is 22.8 Å². The first kappa shape index (κ1) is 11.3. The number of ether oxygens (including phenoxy) is 1. The van der Waals surface area contributed by atoms with Crippen LogP contribution in [0.5, 0.6) is 0 Å². The summed E-state index contributed by atoms with van der Waals surface area (Å²) >= 11 is 0. The zero-order valence-corrected chi connectivity index (χ0v) is 9.00. The van der Waals surface area contributed by atoms with Crippen molar-refractivity contribution < 1.29 is 9.15 Å². The number of hydrogen-bond donors (Lipinski definition) is 0. The van der Waals surface area contributed by atoms with Gasteiger partial charge in [0.05, 0.1) is 6.26 Å². The van der Waals surface area contributed by atoms with Gasteiger partial charge in [0, 0.05) is 6.61 Å². The van der Waals surface area contributed by atoms with Crippen molar-refractivity contribution in [3.63, 3.8) is 0 Å². The molecule has 1 aromatic rings. The highest BCUT2D eigenvalue weighted by Gasteiger charge is 1.94. The molecule has 0 bridgehead atoms. The van der Waals surface area contributed by atoms with Crippen LogP contribution in [0.1, 0.15) is 44.8 Å². The second kappa shape index (κ2) is 7.63. The number of rotatable bonds is 8. The van der Waals surface area contributed by atoms with Crippen LogP contribution < -0.4 is 0 Å². The molecular formula is C12H20O2. The van der Waals surface area contributed by atoms with Crippen LogP contribution in [0.3, 0.4) is 0 Å². The molecule has 1 rings (SSSR count). The van der Waals surface area contributed by atoms with Gasteiger partial charge in [-0.2, -0.15) is 0 Å². The first-order valence-corrected chi connectivity index (χ1v) is 5.53. The van der Waals surface area contributed by atoms with E-state index >= 15 is 0 Å². The summed E-state index contributed by atoms with van der Waals surface area (Å²) < 4.78 is 10.6. The Balaban J connectivity index is 1.85. The van der Waals surface area contributed by atoms with Gasteiger partial charge in [-0.15, -0.1) is 0 Å². The Bertz CT molecular complexity index is 204. The Kier molecular flexibility index (Phi) is 6.16. The molecule has 0 saturated heterocycles. The van der Waals surface area contributed by atoms with E-state index in [1.54, 1.807) is 6.26 Å². The van der Waals surface area contributed by atoms with E-state index in [4.69, 9.17) is 9.15 Å². The van der Waals surface area contributed by atoms with Crippen molar-refractivity contribution in [1.82, 2.24) is 0 Å². The zero-order valence-electron chi connectivity index (χ0n) is 9.00. The third-order valence-corrected chi connectivity index (χ3v) is 2.22. The summed E-state index contributed by atoms with van der Waals surface area (Å²) in [6, 6.07) is 3.83. The molecule has 14 heavy (non-hydrogen) atoms. The third kappa shape index (κ3) is 5.07. The van der Waals surface area contributed by atoms with Gasteiger partial charge in [0.1, 0.15) is 12.4 Å². The zero-order chi connectivity index (χ0) is 10.1. The third-order valence-electron chi connectivity index (χ3n) is 2.22. The van der Waals surface area contributed by atoms with E-state index in [-0.39, 0.29) is 0 Å². The molecule has 0 unspecified atom stereocenters. The minimum Gasteiger partial charge on any atom is -0.467 e. The molecule has 0 radical (unpaired) electrons. The lowest BCUT2D eigenvalue weighted by molar-refractivity contribution is 0.102. The van der Waals surface area contributed by atoms with E-state index in [0.29, 0.717) is 6.61 Å². The van der Waals surface area contributed by atoms with Crippen LogP contribution in [0.4, 0.5) is 0 Å². The van der Waals surface area contributed by atoms with Crippen molar-refractivity contribution >= 4 is 0 Å². The van der Waals surface area contributed by atoms with Crippen molar-refractivity contribution in [2.45, 2.75) is 45.6 Å². The molecule has 0 atom stereocenters. The molecule has 0 aliphatic carbocycles. The topological polar surface area (TPSA) is 22.4 Å². The van der Waals surface area contributed by atoms with E-state index in [1.807, 2.05) is 12.1 Å². The summed E-state index contributed by atoms with van der Waals surface area (Å²) in [6.45, 7) is 3.69. The molecule has 1 heterocycles. The number of furan rings is 1. The summed E-state index contributed by atoms with van der Waals surface area (Å²) in [6.07, 6.45) is 8.11. The second-order valence-electron chi connectivity index (χ2n) is 3.55. The SMILES string of the molecule is CCCCCCCOCc1ccco1. The van der Waals surface area contributed by atoms with Crippen LogP contribution in [-0.4, -0.2) is 6.61 Å².